The summed E-state index contributed by atoms with van der Waals surface area (Å²) in [7, 11) is -1.39. The first-order chi connectivity index (χ1) is 8.39. The van der Waals surface area contributed by atoms with Crippen LogP contribution in [0, 0.1) is 0 Å². The molecule has 7 heteroatoms. The molecule has 1 aliphatic rings. The molecular weight excluding hydrogens is 270 g/mol. The van der Waals surface area contributed by atoms with E-state index in [1.54, 1.807) is 0 Å². The van der Waals surface area contributed by atoms with Gasteiger partial charge in [-0.2, -0.15) is 4.37 Å². The van der Waals surface area contributed by atoms with E-state index in [4.69, 9.17) is 5.73 Å². The fourth-order valence-corrected chi connectivity index (χ4v) is 4.90. The highest BCUT2D eigenvalue weighted by Crippen LogP contribution is 2.42. The molecule has 1 heterocycles. The van der Waals surface area contributed by atoms with E-state index in [0.717, 1.165) is 19.3 Å². The Kier molecular flexibility index (Phi) is 3.55. The highest BCUT2D eigenvalue weighted by Gasteiger charge is 2.41. The second-order valence-corrected chi connectivity index (χ2v) is 7.73. The number of hydrogen-bond donors (Lipinski definition) is 1. The normalized spacial score (nSPS) is 17.7. The molecule has 0 aromatic carbocycles. The SMILES string of the molecule is CCC(C)N(C)c1snc(N)c1S(=O)(=O)C1CC1. The van der Waals surface area contributed by atoms with Crippen LogP contribution in [0.1, 0.15) is 33.1 Å². The Morgan fingerprint density at radius 1 is 1.56 bits per heavy atom. The van der Waals surface area contributed by atoms with Crippen LogP contribution < -0.4 is 10.6 Å². The molecular formula is C11H19N3O2S2. The molecule has 2 rings (SSSR count). The second-order valence-electron chi connectivity index (χ2n) is 4.81. The molecule has 0 amide bonds. The molecule has 1 unspecified atom stereocenters. The zero-order chi connectivity index (χ0) is 13.5. The van der Waals surface area contributed by atoms with Gasteiger partial charge in [0, 0.05) is 13.1 Å². The number of anilines is 2. The smallest absolute Gasteiger partial charge is 0.187 e. The van der Waals surface area contributed by atoms with E-state index in [2.05, 4.69) is 18.2 Å². The van der Waals surface area contributed by atoms with Gasteiger partial charge in [-0.3, -0.25) is 0 Å². The highest BCUT2D eigenvalue weighted by atomic mass is 32.2. The van der Waals surface area contributed by atoms with Crippen LogP contribution in [-0.4, -0.2) is 31.1 Å². The first-order valence-corrected chi connectivity index (χ1v) is 8.43. The van der Waals surface area contributed by atoms with Crippen LogP contribution in [0.4, 0.5) is 10.8 Å². The summed E-state index contributed by atoms with van der Waals surface area (Å²) in [5.41, 5.74) is 5.77. The zero-order valence-electron chi connectivity index (χ0n) is 10.9. The van der Waals surface area contributed by atoms with Gasteiger partial charge in [-0.25, -0.2) is 8.42 Å². The summed E-state index contributed by atoms with van der Waals surface area (Å²) in [6.07, 6.45) is 2.42. The maximum atomic E-state index is 12.4. The third-order valence-electron chi connectivity index (χ3n) is 3.48. The van der Waals surface area contributed by atoms with Crippen molar-refractivity contribution in [3.05, 3.63) is 0 Å². The molecule has 2 N–H and O–H groups in total. The van der Waals surface area contributed by atoms with Gasteiger partial charge in [0.05, 0.1) is 5.25 Å². The molecule has 0 radical (unpaired) electrons. The minimum absolute atomic E-state index is 0.150. The predicted octanol–water partition coefficient (Wildman–Crippen LogP) is 1.90. The Morgan fingerprint density at radius 3 is 2.67 bits per heavy atom. The summed E-state index contributed by atoms with van der Waals surface area (Å²) in [4.78, 5) is 2.21. The summed E-state index contributed by atoms with van der Waals surface area (Å²) < 4.78 is 28.8. The molecule has 1 atom stereocenters. The van der Waals surface area contributed by atoms with E-state index >= 15 is 0 Å². The quantitative estimate of drug-likeness (QED) is 0.896. The average molecular weight is 289 g/mol. The minimum atomic E-state index is -3.29. The summed E-state index contributed by atoms with van der Waals surface area (Å²) in [5.74, 6) is 0.150. The molecule has 1 aromatic rings. The van der Waals surface area contributed by atoms with E-state index in [0.29, 0.717) is 5.00 Å². The van der Waals surface area contributed by atoms with Gasteiger partial charge in [-0.15, -0.1) is 0 Å². The number of nitrogens with two attached hydrogens (primary N) is 1. The monoisotopic (exact) mass is 289 g/mol. The number of rotatable bonds is 5. The summed E-state index contributed by atoms with van der Waals surface area (Å²) in [5, 5.41) is 0.425. The first kappa shape index (κ1) is 13.6. The Bertz CT molecular complexity index is 534. The maximum absolute atomic E-state index is 12.4. The van der Waals surface area contributed by atoms with E-state index in [-0.39, 0.29) is 22.0 Å². The summed E-state index contributed by atoms with van der Waals surface area (Å²) in [6, 6.07) is 0.262. The van der Waals surface area contributed by atoms with Crippen LogP contribution in [0.2, 0.25) is 0 Å². The van der Waals surface area contributed by atoms with Gasteiger partial charge in [-0.05, 0) is 37.7 Å². The molecule has 1 aliphatic carbocycles. The third kappa shape index (κ3) is 2.21. The molecule has 1 fully saturated rings. The highest BCUT2D eigenvalue weighted by molar-refractivity contribution is 7.92. The van der Waals surface area contributed by atoms with Gasteiger partial charge < -0.3 is 10.6 Å². The summed E-state index contributed by atoms with van der Waals surface area (Å²) >= 11 is 1.17. The van der Waals surface area contributed by atoms with Gasteiger partial charge in [0.15, 0.2) is 15.7 Å². The van der Waals surface area contributed by atoms with Crippen LogP contribution >= 0.6 is 11.5 Å². The molecule has 102 valence electrons. The van der Waals surface area contributed by atoms with Crippen molar-refractivity contribution >= 4 is 32.2 Å². The third-order valence-corrected chi connectivity index (χ3v) is 6.88. The number of nitrogens with zero attached hydrogens (tertiary/aromatic N) is 2. The number of nitrogen functional groups attached to an aromatic ring is 1. The van der Waals surface area contributed by atoms with Crippen molar-refractivity contribution in [3.8, 4) is 0 Å². The molecule has 1 saturated carbocycles. The minimum Gasteiger partial charge on any atom is -0.382 e. The topological polar surface area (TPSA) is 76.3 Å². The van der Waals surface area contributed by atoms with Crippen molar-refractivity contribution in [3.63, 3.8) is 0 Å². The first-order valence-electron chi connectivity index (χ1n) is 6.11. The van der Waals surface area contributed by atoms with E-state index in [9.17, 15) is 8.42 Å². The van der Waals surface area contributed by atoms with Crippen LogP contribution in [0.3, 0.4) is 0 Å². The van der Waals surface area contributed by atoms with E-state index in [1.807, 2.05) is 11.9 Å². The second kappa shape index (κ2) is 4.70. The number of hydrogen-bond acceptors (Lipinski definition) is 6. The van der Waals surface area contributed by atoms with Crippen molar-refractivity contribution in [1.29, 1.82) is 0 Å². The van der Waals surface area contributed by atoms with Crippen molar-refractivity contribution in [2.75, 3.05) is 17.7 Å². The van der Waals surface area contributed by atoms with Crippen LogP contribution in [-0.2, 0) is 9.84 Å². The lowest BCUT2D eigenvalue weighted by Gasteiger charge is -2.25. The Morgan fingerprint density at radius 2 is 2.17 bits per heavy atom. The standard InChI is InChI=1S/C11H19N3O2S2/c1-4-7(2)14(3)11-9(10(12)13-17-11)18(15,16)8-5-6-8/h7-8H,4-6H2,1-3H3,(H2,12,13). The van der Waals surface area contributed by atoms with Gasteiger partial charge >= 0.3 is 0 Å². The van der Waals surface area contributed by atoms with E-state index in [1.165, 1.54) is 11.5 Å². The Hall–Kier alpha value is -0.820. The van der Waals surface area contributed by atoms with Crippen LogP contribution in [0.15, 0.2) is 4.90 Å². The van der Waals surface area contributed by atoms with Crippen molar-refractivity contribution in [2.24, 2.45) is 0 Å². The number of sulfone groups is 1. The lowest BCUT2D eigenvalue weighted by atomic mass is 10.2. The van der Waals surface area contributed by atoms with Gasteiger partial charge in [0.2, 0.25) is 0 Å². The average Bonchev–Trinajstić information content (AvgIpc) is 3.11. The zero-order valence-corrected chi connectivity index (χ0v) is 12.5. The Labute approximate surface area is 112 Å². The molecule has 0 aliphatic heterocycles. The van der Waals surface area contributed by atoms with Gasteiger partial charge in [0.1, 0.15) is 9.90 Å². The largest absolute Gasteiger partial charge is 0.382 e. The van der Waals surface area contributed by atoms with Crippen LogP contribution in [0.5, 0.6) is 0 Å². The fraction of sp³-hybridized carbons (Fsp3) is 0.727. The molecule has 0 bridgehead atoms. The molecule has 0 spiro atoms. The molecule has 18 heavy (non-hydrogen) atoms. The van der Waals surface area contributed by atoms with Crippen molar-refractivity contribution in [2.45, 2.75) is 49.3 Å². The van der Waals surface area contributed by atoms with Crippen molar-refractivity contribution < 1.29 is 8.42 Å². The predicted molar refractivity (Wildman–Crippen MR) is 74.9 cm³/mol. The fourth-order valence-electron chi connectivity index (χ4n) is 1.80. The van der Waals surface area contributed by atoms with Crippen molar-refractivity contribution in [1.82, 2.24) is 4.37 Å². The summed E-state index contributed by atoms with van der Waals surface area (Å²) in [6.45, 7) is 4.13. The van der Waals surface area contributed by atoms with Crippen LogP contribution in [0.25, 0.3) is 0 Å². The lowest BCUT2D eigenvalue weighted by molar-refractivity contribution is 0.594. The molecule has 5 nitrogen and oxygen atoms in total. The Balaban J connectivity index is 2.45. The van der Waals surface area contributed by atoms with E-state index < -0.39 is 9.84 Å². The molecule has 1 aromatic heterocycles. The van der Waals surface area contributed by atoms with Gasteiger partial charge in [-0.1, -0.05) is 6.92 Å². The lowest BCUT2D eigenvalue weighted by Crippen LogP contribution is -2.28. The van der Waals surface area contributed by atoms with Gasteiger partial charge in [0.25, 0.3) is 0 Å². The maximum Gasteiger partial charge on any atom is 0.187 e. The molecule has 0 saturated heterocycles. The number of aromatic nitrogens is 1.